The molecule has 77 heavy (non-hydrogen) atoms. The Morgan fingerprint density at radius 2 is 0.818 bits per heavy atom. The Morgan fingerprint density at radius 3 is 1.25 bits per heavy atom. The van der Waals surface area contributed by atoms with Crippen LogP contribution in [0.4, 0.5) is 0 Å². The zero-order valence-electron chi connectivity index (χ0n) is 48.2. The minimum Gasteiger partial charge on any atom is -0.479 e. The molecule has 0 bridgehead atoms. The Labute approximate surface area is 466 Å². The lowest BCUT2D eigenvalue weighted by Crippen LogP contribution is -2.61. The Bertz CT molecular complexity index is 1710. The van der Waals surface area contributed by atoms with Crippen molar-refractivity contribution in [2.24, 2.45) is 0 Å². The monoisotopic (exact) mass is 1080 g/mol. The molecule has 1 aliphatic heterocycles. The topological polar surface area (TPSA) is 175 Å². The van der Waals surface area contributed by atoms with Crippen molar-refractivity contribution in [3.05, 3.63) is 97.2 Å². The van der Waals surface area contributed by atoms with Crippen molar-refractivity contribution >= 4 is 23.9 Å². The number of rotatable bonds is 50. The first-order valence-corrected chi connectivity index (χ1v) is 30.2. The van der Waals surface area contributed by atoms with Crippen LogP contribution in [0.3, 0.4) is 0 Å². The van der Waals surface area contributed by atoms with E-state index in [0.29, 0.717) is 19.3 Å². The number of carboxylic acid groups (broad SMARTS) is 1. The lowest BCUT2D eigenvalue weighted by atomic mass is 9.98. The Kier molecular flexibility index (Phi) is 48.0. The molecule has 0 radical (unpaired) electrons. The molecule has 12 heteroatoms. The van der Waals surface area contributed by atoms with Crippen molar-refractivity contribution in [1.29, 1.82) is 0 Å². The van der Waals surface area contributed by atoms with Gasteiger partial charge in [0.2, 0.25) is 0 Å². The third-order valence-electron chi connectivity index (χ3n) is 13.1. The number of carbonyl (C=O) groups excluding carboxylic acids is 3. The summed E-state index contributed by atoms with van der Waals surface area (Å²) < 4.78 is 28.4. The predicted molar refractivity (Wildman–Crippen MR) is 312 cm³/mol. The van der Waals surface area contributed by atoms with Crippen LogP contribution >= 0.6 is 0 Å². The molecule has 1 saturated heterocycles. The Hall–Kier alpha value is -4.36. The molecule has 6 atom stereocenters. The van der Waals surface area contributed by atoms with Gasteiger partial charge in [0.05, 0.1) is 6.61 Å². The second-order valence-electron chi connectivity index (χ2n) is 20.2. The van der Waals surface area contributed by atoms with Crippen molar-refractivity contribution in [1.82, 2.24) is 0 Å². The fraction of sp³-hybridized carbons (Fsp3) is 0.692. The first-order valence-electron chi connectivity index (χ1n) is 30.2. The number of aliphatic hydroxyl groups excluding tert-OH is 2. The molecule has 1 aliphatic rings. The second-order valence-corrected chi connectivity index (χ2v) is 20.2. The van der Waals surface area contributed by atoms with Gasteiger partial charge >= 0.3 is 23.9 Å². The smallest absolute Gasteiger partial charge is 0.335 e. The van der Waals surface area contributed by atoms with Crippen molar-refractivity contribution < 1.29 is 58.2 Å². The van der Waals surface area contributed by atoms with Gasteiger partial charge in [0.25, 0.3) is 0 Å². The molecule has 12 nitrogen and oxygen atoms in total. The summed E-state index contributed by atoms with van der Waals surface area (Å²) in [5.74, 6) is -3.18. The summed E-state index contributed by atoms with van der Waals surface area (Å²) in [5, 5.41) is 31.5. The maximum Gasteiger partial charge on any atom is 0.335 e. The highest BCUT2D eigenvalue weighted by Gasteiger charge is 2.50. The van der Waals surface area contributed by atoms with Gasteiger partial charge in [-0.3, -0.25) is 14.4 Å². The lowest BCUT2D eigenvalue weighted by Gasteiger charge is -2.40. The number of esters is 3. The molecule has 438 valence electrons. The molecule has 1 heterocycles. The van der Waals surface area contributed by atoms with E-state index in [9.17, 15) is 34.5 Å². The Balaban J connectivity index is 2.71. The summed E-state index contributed by atoms with van der Waals surface area (Å²) in [6.07, 6.45) is 56.5. The minimum atomic E-state index is -1.92. The van der Waals surface area contributed by atoms with Crippen LogP contribution in [0.2, 0.25) is 0 Å². The average molecular weight is 1080 g/mol. The SMILES string of the molecule is CC/C=C\C/C=C\C/C=C\CCCCCCCC(=O)OC(COC(=O)CCCCCCCCC/C=C\C/C=C\CCCCC)COC1OC(C(=O)O)C(O)C(O)C1OC(=O)CCCCCCC/C=C\C/C=C\C/C=C\CC. The molecule has 1 rings (SSSR count). The first kappa shape index (κ1) is 70.7. The molecule has 1 fully saturated rings. The molecule has 0 aromatic carbocycles. The summed E-state index contributed by atoms with van der Waals surface area (Å²) in [4.78, 5) is 51.2. The standard InChI is InChI=1S/C65H106O12/c1-4-7-10-13-16-19-22-25-28-29-32-33-36-39-42-45-48-51-57(66)73-54-56(75-58(67)52-49-46-43-40-37-34-30-26-23-20-17-14-11-8-5-2)55-74-65-63(61(70)60(69)62(77-65)64(71)72)76-59(68)53-50-47-44-41-38-35-31-27-24-21-18-15-12-9-6-3/h8-9,11-12,16-21,25-28,30-31,56,60-63,65,69-70H,4-7,10,13-15,22-24,29,32-55H2,1-3H3,(H,71,72)/b11-8-,12-9-,19-16-,20-17-,21-18-,28-25-,30-26-,31-27-. The third-order valence-corrected chi connectivity index (χ3v) is 13.1. The number of hydrogen-bond donors (Lipinski definition) is 3. The number of allylic oxidation sites excluding steroid dienone is 16. The lowest BCUT2D eigenvalue weighted by molar-refractivity contribution is -0.301. The second kappa shape index (κ2) is 52.3. The first-order chi connectivity index (χ1) is 37.6. The molecule has 0 spiro atoms. The van der Waals surface area contributed by atoms with Gasteiger partial charge in [-0.15, -0.1) is 0 Å². The summed E-state index contributed by atoms with van der Waals surface area (Å²) in [7, 11) is 0. The minimum absolute atomic E-state index is 0.0341. The van der Waals surface area contributed by atoms with E-state index in [-0.39, 0.29) is 25.9 Å². The normalized spacial score (nSPS) is 18.7. The van der Waals surface area contributed by atoms with Crippen LogP contribution in [0.5, 0.6) is 0 Å². The van der Waals surface area contributed by atoms with Crippen LogP contribution in [0, 0.1) is 0 Å². The van der Waals surface area contributed by atoms with Crippen LogP contribution in [-0.2, 0) is 42.9 Å². The van der Waals surface area contributed by atoms with Gasteiger partial charge in [-0.05, 0) is 116 Å². The summed E-state index contributed by atoms with van der Waals surface area (Å²) in [6, 6.07) is 0. The van der Waals surface area contributed by atoms with Crippen molar-refractivity contribution in [2.45, 2.75) is 276 Å². The van der Waals surface area contributed by atoms with Gasteiger partial charge in [-0.1, -0.05) is 201 Å². The highest BCUT2D eigenvalue weighted by molar-refractivity contribution is 5.74. The summed E-state index contributed by atoms with van der Waals surface area (Å²) in [5.41, 5.74) is 0. The number of ether oxygens (including phenoxy) is 5. The molecule has 0 saturated carbocycles. The number of hydrogen-bond acceptors (Lipinski definition) is 11. The van der Waals surface area contributed by atoms with Crippen LogP contribution in [0.15, 0.2) is 97.2 Å². The van der Waals surface area contributed by atoms with E-state index < -0.39 is 67.3 Å². The zero-order chi connectivity index (χ0) is 56.1. The van der Waals surface area contributed by atoms with Gasteiger partial charge in [-0.2, -0.15) is 0 Å². The van der Waals surface area contributed by atoms with Crippen LogP contribution < -0.4 is 0 Å². The zero-order valence-corrected chi connectivity index (χ0v) is 48.2. The van der Waals surface area contributed by atoms with E-state index >= 15 is 0 Å². The summed E-state index contributed by atoms with van der Waals surface area (Å²) in [6.45, 7) is 5.72. The van der Waals surface area contributed by atoms with Gasteiger partial charge in [0, 0.05) is 19.3 Å². The fourth-order valence-electron chi connectivity index (χ4n) is 8.54. The maximum absolute atomic E-state index is 13.2. The quantitative estimate of drug-likeness (QED) is 0.0228. The van der Waals surface area contributed by atoms with Crippen molar-refractivity contribution in [2.75, 3.05) is 13.2 Å². The van der Waals surface area contributed by atoms with Crippen molar-refractivity contribution in [3.8, 4) is 0 Å². The molecule has 6 unspecified atom stereocenters. The molecule has 0 amide bonds. The van der Waals surface area contributed by atoms with Crippen molar-refractivity contribution in [3.63, 3.8) is 0 Å². The number of aliphatic carboxylic acids is 1. The molecule has 0 aliphatic carbocycles. The number of unbranched alkanes of at least 4 members (excludes halogenated alkanes) is 20. The van der Waals surface area contributed by atoms with E-state index in [4.69, 9.17) is 23.7 Å². The number of aliphatic hydroxyl groups is 2. The summed E-state index contributed by atoms with van der Waals surface area (Å²) >= 11 is 0. The Morgan fingerprint density at radius 1 is 0.442 bits per heavy atom. The average Bonchev–Trinajstić information content (AvgIpc) is 3.43. The molecule has 3 N–H and O–H groups in total. The van der Waals surface area contributed by atoms with E-state index in [1.54, 1.807) is 0 Å². The molecule has 0 aromatic rings. The largest absolute Gasteiger partial charge is 0.479 e. The van der Waals surface area contributed by atoms with Crippen LogP contribution in [0.25, 0.3) is 0 Å². The van der Waals surface area contributed by atoms with E-state index in [1.807, 2.05) is 0 Å². The number of carbonyl (C=O) groups is 4. The van der Waals surface area contributed by atoms with Crippen LogP contribution in [-0.4, -0.2) is 89.2 Å². The number of carboxylic acids is 1. The van der Waals surface area contributed by atoms with Gasteiger partial charge in [0.1, 0.15) is 18.8 Å². The third kappa shape index (κ3) is 42.3. The van der Waals surface area contributed by atoms with E-state index in [0.717, 1.165) is 141 Å². The highest BCUT2D eigenvalue weighted by atomic mass is 16.7. The predicted octanol–water partition coefficient (Wildman–Crippen LogP) is 15.7. The van der Waals surface area contributed by atoms with Crippen LogP contribution in [0.1, 0.15) is 239 Å². The maximum atomic E-state index is 13.2. The van der Waals surface area contributed by atoms with E-state index in [2.05, 4.69) is 118 Å². The molecular formula is C65H106O12. The van der Waals surface area contributed by atoms with Gasteiger partial charge in [0.15, 0.2) is 24.6 Å². The molecule has 0 aromatic heterocycles. The van der Waals surface area contributed by atoms with E-state index in [1.165, 1.54) is 38.5 Å². The molecular weight excluding hydrogens is 973 g/mol. The highest BCUT2D eigenvalue weighted by Crippen LogP contribution is 2.26. The fourth-order valence-corrected chi connectivity index (χ4v) is 8.54. The van der Waals surface area contributed by atoms with Gasteiger partial charge in [-0.25, -0.2) is 4.79 Å². The van der Waals surface area contributed by atoms with Gasteiger partial charge < -0.3 is 39.0 Å².